The fraction of sp³-hybridized carbons (Fsp3) is 0.273. The summed E-state index contributed by atoms with van der Waals surface area (Å²) in [6.07, 6.45) is 1.53. The molecule has 0 saturated heterocycles. The second-order valence-electron chi connectivity index (χ2n) is 3.54. The van der Waals surface area contributed by atoms with Crippen LogP contribution in [-0.2, 0) is 4.79 Å². The number of nitrogens with one attached hydrogen (secondary N) is 1. The summed E-state index contributed by atoms with van der Waals surface area (Å²) >= 11 is 0. The molecule has 5 nitrogen and oxygen atoms in total. The first kappa shape index (κ1) is 10.5. The zero-order valence-corrected chi connectivity index (χ0v) is 9.02. The summed E-state index contributed by atoms with van der Waals surface area (Å²) in [5.74, 6) is -0.799. The Hall–Kier alpha value is -2.04. The van der Waals surface area contributed by atoms with E-state index in [1.165, 1.54) is 6.33 Å². The van der Waals surface area contributed by atoms with Crippen LogP contribution in [0.15, 0.2) is 18.5 Å². The van der Waals surface area contributed by atoms with Gasteiger partial charge in [-0.3, -0.25) is 4.79 Å². The quantitative estimate of drug-likeness (QED) is 0.826. The van der Waals surface area contributed by atoms with Crippen LogP contribution in [-0.4, -0.2) is 28.2 Å². The van der Waals surface area contributed by atoms with E-state index in [4.69, 9.17) is 9.84 Å². The summed E-state index contributed by atoms with van der Waals surface area (Å²) in [7, 11) is 1.56. The van der Waals surface area contributed by atoms with Crippen molar-refractivity contribution in [1.29, 1.82) is 0 Å². The average molecular weight is 220 g/mol. The van der Waals surface area contributed by atoms with Crippen LogP contribution in [0.5, 0.6) is 5.75 Å². The van der Waals surface area contributed by atoms with Gasteiger partial charge < -0.3 is 14.8 Å². The number of carbonyl (C=O) groups is 1. The number of imidazole rings is 1. The van der Waals surface area contributed by atoms with Gasteiger partial charge in [0.05, 0.1) is 24.9 Å². The summed E-state index contributed by atoms with van der Waals surface area (Å²) in [6.45, 7) is 1.64. The molecule has 2 N–H and O–H groups in total. The molecule has 1 heterocycles. The summed E-state index contributed by atoms with van der Waals surface area (Å²) in [5, 5.41) is 8.99. The minimum absolute atomic E-state index is 0.575. The molecule has 0 amide bonds. The molecule has 1 aromatic carbocycles. The molecule has 2 rings (SSSR count). The van der Waals surface area contributed by atoms with Crippen LogP contribution >= 0.6 is 0 Å². The lowest BCUT2D eigenvalue weighted by Crippen LogP contribution is -2.08. The number of hydrogen-bond acceptors (Lipinski definition) is 3. The van der Waals surface area contributed by atoms with Gasteiger partial charge in [0.15, 0.2) is 0 Å². The fourth-order valence-corrected chi connectivity index (χ4v) is 1.69. The highest BCUT2D eigenvalue weighted by molar-refractivity contribution is 5.89. The molecule has 2 aromatic rings. The van der Waals surface area contributed by atoms with Gasteiger partial charge in [0.25, 0.3) is 0 Å². The van der Waals surface area contributed by atoms with Crippen molar-refractivity contribution in [3.8, 4) is 5.75 Å². The molecule has 0 aliphatic rings. The highest BCUT2D eigenvalue weighted by Crippen LogP contribution is 2.29. The number of aromatic nitrogens is 2. The van der Waals surface area contributed by atoms with Gasteiger partial charge in [-0.1, -0.05) is 6.07 Å². The van der Waals surface area contributed by atoms with Crippen molar-refractivity contribution >= 4 is 17.0 Å². The lowest BCUT2D eigenvalue weighted by atomic mass is 9.99. The molecular formula is C11H12N2O3. The number of methoxy groups -OCH3 is 1. The summed E-state index contributed by atoms with van der Waals surface area (Å²) in [6, 6.07) is 3.48. The molecule has 1 atom stereocenters. The number of H-pyrrole nitrogens is 1. The third-order valence-electron chi connectivity index (χ3n) is 2.63. The van der Waals surface area contributed by atoms with Gasteiger partial charge in [0, 0.05) is 0 Å². The van der Waals surface area contributed by atoms with Gasteiger partial charge in [0.1, 0.15) is 11.3 Å². The van der Waals surface area contributed by atoms with Crippen LogP contribution in [0.2, 0.25) is 0 Å². The topological polar surface area (TPSA) is 75.2 Å². The SMILES string of the molecule is COc1ccc(C(C)C(=O)O)c2[nH]cnc12. The van der Waals surface area contributed by atoms with Crippen LogP contribution in [0, 0.1) is 0 Å². The van der Waals surface area contributed by atoms with E-state index in [0.717, 1.165) is 0 Å². The maximum atomic E-state index is 11.0. The molecule has 1 unspecified atom stereocenters. The highest BCUT2D eigenvalue weighted by atomic mass is 16.5. The highest BCUT2D eigenvalue weighted by Gasteiger charge is 2.19. The normalized spacial score (nSPS) is 12.6. The molecule has 0 saturated carbocycles. The zero-order valence-electron chi connectivity index (χ0n) is 9.02. The van der Waals surface area contributed by atoms with E-state index in [2.05, 4.69) is 9.97 Å². The smallest absolute Gasteiger partial charge is 0.310 e. The molecule has 0 radical (unpaired) electrons. The van der Waals surface area contributed by atoms with Gasteiger partial charge in [-0.2, -0.15) is 0 Å². The van der Waals surface area contributed by atoms with E-state index in [-0.39, 0.29) is 0 Å². The van der Waals surface area contributed by atoms with Crippen LogP contribution in [0.25, 0.3) is 11.0 Å². The second-order valence-corrected chi connectivity index (χ2v) is 3.54. The molecule has 0 aliphatic carbocycles. The lowest BCUT2D eigenvalue weighted by molar-refractivity contribution is -0.138. The standard InChI is InChI=1S/C11H12N2O3/c1-6(11(14)15)7-3-4-8(16-2)10-9(7)12-5-13-10/h3-6H,1-2H3,(H,12,13)(H,14,15). The Balaban J connectivity index is 2.64. The van der Waals surface area contributed by atoms with Gasteiger partial charge >= 0.3 is 5.97 Å². The number of ether oxygens (including phenoxy) is 1. The third kappa shape index (κ3) is 1.50. The van der Waals surface area contributed by atoms with Crippen LogP contribution in [0.3, 0.4) is 0 Å². The van der Waals surface area contributed by atoms with Crippen molar-refractivity contribution in [3.63, 3.8) is 0 Å². The van der Waals surface area contributed by atoms with Gasteiger partial charge in [0.2, 0.25) is 0 Å². The first-order valence-corrected chi connectivity index (χ1v) is 4.88. The van der Waals surface area contributed by atoms with Crippen molar-refractivity contribution in [3.05, 3.63) is 24.0 Å². The Labute approximate surface area is 92.1 Å². The molecule has 84 valence electrons. The summed E-state index contributed by atoms with van der Waals surface area (Å²) in [5.41, 5.74) is 2.09. The van der Waals surface area contributed by atoms with Crippen molar-refractivity contribution in [1.82, 2.24) is 9.97 Å². The predicted molar refractivity (Wildman–Crippen MR) is 58.7 cm³/mol. The van der Waals surface area contributed by atoms with Gasteiger partial charge in [-0.05, 0) is 18.6 Å². The number of aromatic amines is 1. The second kappa shape index (κ2) is 3.84. The fourth-order valence-electron chi connectivity index (χ4n) is 1.69. The molecular weight excluding hydrogens is 208 g/mol. The molecule has 0 bridgehead atoms. The largest absolute Gasteiger partial charge is 0.494 e. The van der Waals surface area contributed by atoms with Gasteiger partial charge in [-0.15, -0.1) is 0 Å². The van der Waals surface area contributed by atoms with Crippen LogP contribution in [0.1, 0.15) is 18.4 Å². The Morgan fingerprint density at radius 2 is 2.31 bits per heavy atom. The summed E-state index contributed by atoms with van der Waals surface area (Å²) in [4.78, 5) is 18.0. The predicted octanol–water partition coefficient (Wildman–Crippen LogP) is 1.76. The third-order valence-corrected chi connectivity index (χ3v) is 2.63. The number of rotatable bonds is 3. The van der Waals surface area contributed by atoms with Crippen molar-refractivity contribution < 1.29 is 14.6 Å². The number of aliphatic carboxylic acids is 1. The Kier molecular flexibility index (Phi) is 2.52. The number of nitrogens with zero attached hydrogens (tertiary/aromatic N) is 1. The van der Waals surface area contributed by atoms with E-state index in [0.29, 0.717) is 22.3 Å². The zero-order chi connectivity index (χ0) is 11.7. The molecule has 1 aromatic heterocycles. The van der Waals surface area contributed by atoms with Crippen LogP contribution in [0.4, 0.5) is 0 Å². The molecule has 0 spiro atoms. The van der Waals surface area contributed by atoms with Crippen molar-refractivity contribution in [2.75, 3.05) is 7.11 Å². The van der Waals surface area contributed by atoms with E-state index < -0.39 is 11.9 Å². The monoisotopic (exact) mass is 220 g/mol. The average Bonchev–Trinajstić information content (AvgIpc) is 2.75. The summed E-state index contributed by atoms with van der Waals surface area (Å²) < 4.78 is 5.15. The minimum Gasteiger partial charge on any atom is -0.494 e. The van der Waals surface area contributed by atoms with Crippen molar-refractivity contribution in [2.24, 2.45) is 0 Å². The number of hydrogen-bond donors (Lipinski definition) is 2. The van der Waals surface area contributed by atoms with Crippen LogP contribution < -0.4 is 4.74 Å². The lowest BCUT2D eigenvalue weighted by Gasteiger charge is -2.09. The Bertz CT molecular complexity index is 533. The maximum absolute atomic E-state index is 11.0. The molecule has 0 fully saturated rings. The first-order chi connectivity index (χ1) is 7.65. The molecule has 16 heavy (non-hydrogen) atoms. The first-order valence-electron chi connectivity index (χ1n) is 4.88. The van der Waals surface area contributed by atoms with E-state index in [9.17, 15) is 4.79 Å². The Morgan fingerprint density at radius 1 is 1.56 bits per heavy atom. The van der Waals surface area contributed by atoms with E-state index in [1.807, 2.05) is 0 Å². The molecule has 0 aliphatic heterocycles. The van der Waals surface area contributed by atoms with E-state index >= 15 is 0 Å². The van der Waals surface area contributed by atoms with E-state index in [1.54, 1.807) is 26.2 Å². The Morgan fingerprint density at radius 3 is 2.94 bits per heavy atom. The molecule has 5 heteroatoms. The maximum Gasteiger partial charge on any atom is 0.310 e. The number of benzene rings is 1. The van der Waals surface area contributed by atoms with Crippen molar-refractivity contribution in [2.45, 2.75) is 12.8 Å². The number of fused-ring (bicyclic) bond motifs is 1. The van der Waals surface area contributed by atoms with Gasteiger partial charge in [-0.25, -0.2) is 4.98 Å². The number of carboxylic acid groups (broad SMARTS) is 1. The minimum atomic E-state index is -0.860. The number of carboxylic acids is 1.